The zero-order chi connectivity index (χ0) is 20.5. The largest absolute Gasteiger partial charge is 0.481 e. The summed E-state index contributed by atoms with van der Waals surface area (Å²) < 4.78 is 0. The van der Waals surface area contributed by atoms with Crippen molar-refractivity contribution in [2.45, 2.75) is 57.4 Å². The first-order valence-electron chi connectivity index (χ1n) is 10.5. The summed E-state index contributed by atoms with van der Waals surface area (Å²) in [5.41, 5.74) is 1.12. The van der Waals surface area contributed by atoms with E-state index in [0.717, 1.165) is 32.1 Å². The van der Waals surface area contributed by atoms with Gasteiger partial charge in [0.2, 0.25) is 0 Å². The van der Waals surface area contributed by atoms with Crippen molar-refractivity contribution in [1.82, 2.24) is 9.80 Å². The van der Waals surface area contributed by atoms with Crippen LogP contribution in [0.2, 0.25) is 0 Å². The molecule has 1 aliphatic carbocycles. The molecule has 4 rings (SSSR count). The molecule has 1 aromatic carbocycles. The number of benzene rings is 1. The van der Waals surface area contributed by atoms with Crippen LogP contribution in [0.5, 0.6) is 0 Å². The van der Waals surface area contributed by atoms with E-state index < -0.39 is 5.97 Å². The molecule has 7 nitrogen and oxygen atoms in total. The summed E-state index contributed by atoms with van der Waals surface area (Å²) in [5, 5.41) is 8.93. The summed E-state index contributed by atoms with van der Waals surface area (Å²) in [4.78, 5) is 52.6. The summed E-state index contributed by atoms with van der Waals surface area (Å²) >= 11 is 0. The SMILES string of the molecule is O=C(O)CC1CCN(C(=O)c2ccc3c(c2)C(=O)N(C2CCCCC2)C3=O)CC1. The van der Waals surface area contributed by atoms with Crippen molar-refractivity contribution >= 4 is 23.7 Å². The van der Waals surface area contributed by atoms with E-state index in [1.54, 1.807) is 23.1 Å². The highest BCUT2D eigenvalue weighted by molar-refractivity contribution is 6.22. The fourth-order valence-corrected chi connectivity index (χ4v) is 4.83. The average Bonchev–Trinajstić information content (AvgIpc) is 2.98. The predicted octanol–water partition coefficient (Wildman–Crippen LogP) is 2.94. The number of likely N-dealkylation sites (tertiary alicyclic amines) is 1. The van der Waals surface area contributed by atoms with Crippen molar-refractivity contribution in [2.75, 3.05) is 13.1 Å². The van der Waals surface area contributed by atoms with Crippen LogP contribution < -0.4 is 0 Å². The van der Waals surface area contributed by atoms with Crippen molar-refractivity contribution in [3.8, 4) is 0 Å². The van der Waals surface area contributed by atoms with E-state index in [9.17, 15) is 19.2 Å². The standard InChI is InChI=1S/C22H26N2O5/c25-19(26)12-14-8-10-23(11-9-14)20(27)15-6-7-17-18(13-15)22(29)24(21(17)28)16-4-2-1-3-5-16/h6-7,13-14,16H,1-5,8-12H2,(H,25,26). The van der Waals surface area contributed by atoms with Crippen LogP contribution in [0.25, 0.3) is 0 Å². The van der Waals surface area contributed by atoms with Gasteiger partial charge in [-0.25, -0.2) is 0 Å². The highest BCUT2D eigenvalue weighted by atomic mass is 16.4. The fourth-order valence-electron chi connectivity index (χ4n) is 4.83. The number of fused-ring (bicyclic) bond motifs is 1. The van der Waals surface area contributed by atoms with E-state index in [4.69, 9.17) is 5.11 Å². The van der Waals surface area contributed by atoms with Gasteiger partial charge in [0.1, 0.15) is 0 Å². The number of carbonyl (C=O) groups excluding carboxylic acids is 3. The quantitative estimate of drug-likeness (QED) is 0.787. The monoisotopic (exact) mass is 398 g/mol. The van der Waals surface area contributed by atoms with E-state index in [2.05, 4.69) is 0 Å². The molecule has 1 saturated carbocycles. The Kier molecular flexibility index (Phi) is 5.39. The Morgan fingerprint density at radius 1 is 0.931 bits per heavy atom. The summed E-state index contributed by atoms with van der Waals surface area (Å²) in [6.45, 7) is 1.02. The summed E-state index contributed by atoms with van der Waals surface area (Å²) in [6, 6.07) is 4.75. The smallest absolute Gasteiger partial charge is 0.303 e. The molecule has 0 bridgehead atoms. The lowest BCUT2D eigenvalue weighted by Crippen LogP contribution is -2.40. The number of amides is 3. The van der Waals surface area contributed by atoms with Gasteiger partial charge in [0.25, 0.3) is 17.7 Å². The number of piperidine rings is 1. The van der Waals surface area contributed by atoms with Crippen molar-refractivity contribution in [3.63, 3.8) is 0 Å². The molecule has 1 aromatic rings. The maximum absolute atomic E-state index is 12.9. The number of aliphatic carboxylic acids is 1. The van der Waals surface area contributed by atoms with E-state index in [-0.39, 0.29) is 36.1 Å². The molecule has 0 spiro atoms. The van der Waals surface area contributed by atoms with Gasteiger partial charge in [-0.05, 0) is 49.8 Å². The molecular weight excluding hydrogens is 372 g/mol. The molecule has 0 atom stereocenters. The number of carboxylic acids is 1. The number of hydrogen-bond acceptors (Lipinski definition) is 4. The minimum Gasteiger partial charge on any atom is -0.481 e. The number of nitrogens with zero attached hydrogens (tertiary/aromatic N) is 2. The second-order valence-electron chi connectivity index (χ2n) is 8.37. The minimum absolute atomic E-state index is 0.0384. The van der Waals surface area contributed by atoms with Crippen molar-refractivity contribution < 1.29 is 24.3 Å². The van der Waals surface area contributed by atoms with Gasteiger partial charge in [0.05, 0.1) is 11.1 Å². The van der Waals surface area contributed by atoms with Crippen molar-refractivity contribution in [2.24, 2.45) is 5.92 Å². The number of rotatable bonds is 4. The summed E-state index contributed by atoms with van der Waals surface area (Å²) in [6.07, 6.45) is 6.35. The molecule has 3 aliphatic rings. The second kappa shape index (κ2) is 7.97. The lowest BCUT2D eigenvalue weighted by molar-refractivity contribution is -0.138. The Morgan fingerprint density at radius 3 is 2.24 bits per heavy atom. The van der Waals surface area contributed by atoms with Crippen LogP contribution in [0, 0.1) is 5.92 Å². The molecule has 3 amide bonds. The van der Waals surface area contributed by atoms with E-state index in [1.165, 1.54) is 4.90 Å². The molecule has 0 aromatic heterocycles. The van der Waals surface area contributed by atoms with Crippen LogP contribution in [-0.4, -0.2) is 57.7 Å². The van der Waals surface area contributed by atoms with Gasteiger partial charge >= 0.3 is 5.97 Å². The van der Waals surface area contributed by atoms with Gasteiger partial charge in [0, 0.05) is 31.1 Å². The summed E-state index contributed by atoms with van der Waals surface area (Å²) in [5.74, 6) is -1.41. The van der Waals surface area contributed by atoms with Crippen LogP contribution in [0.4, 0.5) is 0 Å². The third-order valence-corrected chi connectivity index (χ3v) is 6.47. The van der Waals surface area contributed by atoms with Crippen LogP contribution in [0.3, 0.4) is 0 Å². The molecule has 0 unspecified atom stereocenters. The lowest BCUT2D eigenvalue weighted by atomic mass is 9.93. The lowest BCUT2D eigenvalue weighted by Gasteiger charge is -2.31. The Balaban J connectivity index is 1.47. The first-order chi connectivity index (χ1) is 14.0. The average molecular weight is 398 g/mol. The zero-order valence-corrected chi connectivity index (χ0v) is 16.4. The molecule has 0 radical (unpaired) electrons. The van der Waals surface area contributed by atoms with Crippen molar-refractivity contribution in [3.05, 3.63) is 34.9 Å². The number of imide groups is 1. The first-order valence-corrected chi connectivity index (χ1v) is 10.5. The molecule has 154 valence electrons. The molecule has 2 aliphatic heterocycles. The van der Waals surface area contributed by atoms with Gasteiger partial charge in [-0.15, -0.1) is 0 Å². The van der Waals surface area contributed by atoms with Crippen LogP contribution in [-0.2, 0) is 4.79 Å². The van der Waals surface area contributed by atoms with Gasteiger partial charge in [0.15, 0.2) is 0 Å². The van der Waals surface area contributed by atoms with E-state index in [0.29, 0.717) is 42.6 Å². The Hall–Kier alpha value is -2.70. The van der Waals surface area contributed by atoms with E-state index in [1.807, 2.05) is 0 Å². The molecule has 1 N–H and O–H groups in total. The van der Waals surface area contributed by atoms with Crippen LogP contribution in [0.1, 0.15) is 82.4 Å². The minimum atomic E-state index is -0.806. The highest BCUT2D eigenvalue weighted by Crippen LogP contribution is 2.32. The van der Waals surface area contributed by atoms with Gasteiger partial charge < -0.3 is 10.0 Å². The normalized spacial score (nSPS) is 20.8. The topological polar surface area (TPSA) is 95.0 Å². The Morgan fingerprint density at radius 2 is 1.59 bits per heavy atom. The van der Waals surface area contributed by atoms with Crippen molar-refractivity contribution in [1.29, 1.82) is 0 Å². The highest BCUT2D eigenvalue weighted by Gasteiger charge is 2.40. The predicted molar refractivity (Wildman–Crippen MR) is 105 cm³/mol. The molecule has 29 heavy (non-hydrogen) atoms. The maximum atomic E-state index is 12.9. The Bertz CT molecular complexity index is 851. The molecule has 2 heterocycles. The van der Waals surface area contributed by atoms with Gasteiger partial charge in [-0.1, -0.05) is 19.3 Å². The number of carboxylic acid groups (broad SMARTS) is 1. The first kappa shape index (κ1) is 19.6. The van der Waals surface area contributed by atoms with E-state index >= 15 is 0 Å². The Labute approximate surface area is 169 Å². The fraction of sp³-hybridized carbons (Fsp3) is 0.545. The third-order valence-electron chi connectivity index (χ3n) is 6.47. The molecule has 1 saturated heterocycles. The van der Waals surface area contributed by atoms with Crippen LogP contribution >= 0.6 is 0 Å². The molecular formula is C22H26N2O5. The third kappa shape index (κ3) is 3.78. The maximum Gasteiger partial charge on any atom is 0.303 e. The van der Waals surface area contributed by atoms with Gasteiger partial charge in [-0.2, -0.15) is 0 Å². The van der Waals surface area contributed by atoms with Gasteiger partial charge in [-0.3, -0.25) is 24.1 Å². The zero-order valence-electron chi connectivity index (χ0n) is 16.4. The molecule has 2 fully saturated rings. The second-order valence-corrected chi connectivity index (χ2v) is 8.37. The van der Waals surface area contributed by atoms with Crippen LogP contribution in [0.15, 0.2) is 18.2 Å². The summed E-state index contributed by atoms with van der Waals surface area (Å²) in [7, 11) is 0. The number of carbonyl (C=O) groups is 4. The number of hydrogen-bond donors (Lipinski definition) is 1. The molecule has 7 heteroatoms.